The Hall–Kier alpha value is -1.42. The van der Waals surface area contributed by atoms with Gasteiger partial charge in [0, 0.05) is 26.6 Å². The smallest absolute Gasteiger partial charge is 0.222 e. The van der Waals surface area contributed by atoms with Gasteiger partial charge in [-0.25, -0.2) is 4.39 Å². The summed E-state index contributed by atoms with van der Waals surface area (Å²) in [5.41, 5.74) is 0.980. The van der Waals surface area contributed by atoms with Crippen LogP contribution >= 0.6 is 0 Å². The molecule has 0 bridgehead atoms. The molecule has 1 atom stereocenters. The number of nitrogens with zero attached hydrogens (tertiary/aromatic N) is 1. The minimum Gasteiger partial charge on any atom is -0.380 e. The highest BCUT2D eigenvalue weighted by Crippen LogP contribution is 2.19. The lowest BCUT2D eigenvalue weighted by Crippen LogP contribution is -2.30. The summed E-state index contributed by atoms with van der Waals surface area (Å²) >= 11 is 0. The molecule has 1 rings (SSSR count). The average molecular weight is 267 g/mol. The maximum Gasteiger partial charge on any atom is 0.222 e. The molecule has 1 aromatic carbocycles. The molecule has 0 aromatic heterocycles. The number of carbonyl (C=O) groups is 1. The third-order valence-electron chi connectivity index (χ3n) is 3.12. The highest BCUT2D eigenvalue weighted by molar-refractivity contribution is 5.76. The third kappa shape index (κ3) is 5.39. The summed E-state index contributed by atoms with van der Waals surface area (Å²) in [7, 11) is 1.78. The summed E-state index contributed by atoms with van der Waals surface area (Å²) in [6.07, 6.45) is 0.425. The van der Waals surface area contributed by atoms with Crippen molar-refractivity contribution in [1.82, 2.24) is 4.90 Å². The lowest BCUT2D eigenvalue weighted by Gasteiger charge is -2.19. The van der Waals surface area contributed by atoms with E-state index < -0.39 is 0 Å². The van der Waals surface area contributed by atoms with Crippen molar-refractivity contribution in [2.75, 3.05) is 26.8 Å². The third-order valence-corrected chi connectivity index (χ3v) is 3.12. The quantitative estimate of drug-likeness (QED) is 0.711. The molecule has 1 unspecified atom stereocenters. The molecule has 0 saturated heterocycles. The minimum absolute atomic E-state index is 0.0801. The molecule has 0 heterocycles. The van der Waals surface area contributed by atoms with Crippen LogP contribution in [-0.4, -0.2) is 37.6 Å². The molecule has 0 aliphatic rings. The Labute approximate surface area is 114 Å². The van der Waals surface area contributed by atoms with E-state index in [0.717, 1.165) is 5.56 Å². The van der Waals surface area contributed by atoms with Gasteiger partial charge < -0.3 is 9.64 Å². The zero-order valence-corrected chi connectivity index (χ0v) is 11.9. The maximum absolute atomic E-state index is 12.8. The van der Waals surface area contributed by atoms with Crippen LogP contribution in [0.2, 0.25) is 0 Å². The zero-order chi connectivity index (χ0) is 14.3. The first-order valence-electron chi connectivity index (χ1n) is 6.61. The normalized spacial score (nSPS) is 12.2. The average Bonchev–Trinajstić information content (AvgIpc) is 2.39. The molecule has 0 aliphatic carbocycles. The van der Waals surface area contributed by atoms with Crippen molar-refractivity contribution in [1.29, 1.82) is 0 Å². The fourth-order valence-electron chi connectivity index (χ4n) is 1.80. The van der Waals surface area contributed by atoms with Crippen LogP contribution in [0.15, 0.2) is 24.3 Å². The van der Waals surface area contributed by atoms with E-state index in [0.29, 0.717) is 26.2 Å². The molecule has 19 heavy (non-hydrogen) atoms. The van der Waals surface area contributed by atoms with E-state index in [1.165, 1.54) is 12.1 Å². The van der Waals surface area contributed by atoms with Crippen LogP contribution in [0.5, 0.6) is 0 Å². The first-order chi connectivity index (χ1) is 9.04. The van der Waals surface area contributed by atoms with Gasteiger partial charge in [0.05, 0.1) is 6.61 Å². The Morgan fingerprint density at radius 1 is 1.37 bits per heavy atom. The number of carbonyl (C=O) groups excluding carboxylic acids is 1. The SMILES string of the molecule is CCOCCN(C)C(=O)CC(C)c1ccc(F)cc1. The number of benzene rings is 1. The maximum atomic E-state index is 12.8. The molecule has 106 valence electrons. The van der Waals surface area contributed by atoms with Gasteiger partial charge in [-0.05, 0) is 30.5 Å². The molecular formula is C15H22FNO2. The number of halogens is 1. The molecule has 3 nitrogen and oxygen atoms in total. The van der Waals surface area contributed by atoms with Gasteiger partial charge in [0.2, 0.25) is 5.91 Å². The van der Waals surface area contributed by atoms with Crippen LogP contribution in [0.1, 0.15) is 31.7 Å². The van der Waals surface area contributed by atoms with Crippen molar-refractivity contribution in [3.8, 4) is 0 Å². The number of hydrogen-bond donors (Lipinski definition) is 0. The number of hydrogen-bond acceptors (Lipinski definition) is 2. The zero-order valence-electron chi connectivity index (χ0n) is 11.9. The summed E-state index contributed by atoms with van der Waals surface area (Å²) in [5.74, 6) is -0.0877. The van der Waals surface area contributed by atoms with Gasteiger partial charge in [0.15, 0.2) is 0 Å². The van der Waals surface area contributed by atoms with Crippen molar-refractivity contribution in [3.63, 3.8) is 0 Å². The second kappa shape index (κ2) is 7.89. The lowest BCUT2D eigenvalue weighted by molar-refractivity contribution is -0.130. The molecule has 0 spiro atoms. The Bertz CT molecular complexity index is 392. The van der Waals surface area contributed by atoms with Gasteiger partial charge in [-0.2, -0.15) is 0 Å². The minimum atomic E-state index is -0.254. The Morgan fingerprint density at radius 3 is 2.58 bits per heavy atom. The van der Waals surface area contributed by atoms with E-state index in [9.17, 15) is 9.18 Å². The van der Waals surface area contributed by atoms with E-state index in [2.05, 4.69) is 0 Å². The van der Waals surface area contributed by atoms with Gasteiger partial charge in [0.1, 0.15) is 5.82 Å². The standard InChI is InChI=1S/C15H22FNO2/c1-4-19-10-9-17(3)15(18)11-12(2)13-5-7-14(16)8-6-13/h5-8,12H,4,9-11H2,1-3H3. The number of rotatable bonds is 7. The first kappa shape index (κ1) is 15.6. The number of amides is 1. The van der Waals surface area contributed by atoms with Crippen LogP contribution in [0.4, 0.5) is 4.39 Å². The fraction of sp³-hybridized carbons (Fsp3) is 0.533. The molecule has 0 saturated carbocycles. The summed E-state index contributed by atoms with van der Waals surface area (Å²) in [4.78, 5) is 13.7. The monoisotopic (exact) mass is 267 g/mol. The highest BCUT2D eigenvalue weighted by atomic mass is 19.1. The van der Waals surface area contributed by atoms with Gasteiger partial charge in [-0.3, -0.25) is 4.79 Å². The summed E-state index contributed by atoms with van der Waals surface area (Å²) < 4.78 is 18.0. The van der Waals surface area contributed by atoms with E-state index in [-0.39, 0.29) is 17.6 Å². The Balaban J connectivity index is 2.44. The number of ether oxygens (including phenoxy) is 1. The summed E-state index contributed by atoms with van der Waals surface area (Å²) in [6.45, 7) is 5.72. The molecule has 0 aliphatic heterocycles. The molecule has 0 radical (unpaired) electrons. The number of likely N-dealkylation sites (N-methyl/N-ethyl adjacent to an activating group) is 1. The summed E-state index contributed by atoms with van der Waals surface area (Å²) in [5, 5.41) is 0. The molecular weight excluding hydrogens is 245 g/mol. The predicted molar refractivity (Wildman–Crippen MR) is 73.6 cm³/mol. The Kier molecular flexibility index (Phi) is 6.50. The Morgan fingerprint density at radius 2 is 2.00 bits per heavy atom. The van der Waals surface area contributed by atoms with E-state index in [1.807, 2.05) is 13.8 Å². The van der Waals surface area contributed by atoms with Crippen molar-refractivity contribution < 1.29 is 13.9 Å². The lowest BCUT2D eigenvalue weighted by atomic mass is 9.97. The van der Waals surface area contributed by atoms with Crippen LogP contribution < -0.4 is 0 Å². The van der Waals surface area contributed by atoms with Crippen LogP contribution in [0, 0.1) is 5.82 Å². The van der Waals surface area contributed by atoms with Crippen LogP contribution in [-0.2, 0) is 9.53 Å². The van der Waals surface area contributed by atoms with Crippen molar-refractivity contribution in [2.45, 2.75) is 26.2 Å². The van der Waals surface area contributed by atoms with Gasteiger partial charge in [-0.15, -0.1) is 0 Å². The van der Waals surface area contributed by atoms with Crippen LogP contribution in [0.3, 0.4) is 0 Å². The largest absolute Gasteiger partial charge is 0.380 e. The molecule has 4 heteroatoms. The fourth-order valence-corrected chi connectivity index (χ4v) is 1.80. The molecule has 1 aromatic rings. The van der Waals surface area contributed by atoms with E-state index in [1.54, 1.807) is 24.1 Å². The van der Waals surface area contributed by atoms with Gasteiger partial charge in [-0.1, -0.05) is 19.1 Å². The van der Waals surface area contributed by atoms with Crippen molar-refractivity contribution >= 4 is 5.91 Å². The van der Waals surface area contributed by atoms with E-state index in [4.69, 9.17) is 4.74 Å². The second-order valence-electron chi connectivity index (χ2n) is 4.67. The topological polar surface area (TPSA) is 29.5 Å². The molecule has 1 amide bonds. The van der Waals surface area contributed by atoms with Crippen molar-refractivity contribution in [3.05, 3.63) is 35.6 Å². The van der Waals surface area contributed by atoms with E-state index >= 15 is 0 Å². The van der Waals surface area contributed by atoms with Gasteiger partial charge >= 0.3 is 0 Å². The molecule has 0 fully saturated rings. The van der Waals surface area contributed by atoms with Gasteiger partial charge in [0.25, 0.3) is 0 Å². The second-order valence-corrected chi connectivity index (χ2v) is 4.67. The first-order valence-corrected chi connectivity index (χ1v) is 6.61. The van der Waals surface area contributed by atoms with Crippen LogP contribution in [0.25, 0.3) is 0 Å². The molecule has 0 N–H and O–H groups in total. The van der Waals surface area contributed by atoms with Crippen molar-refractivity contribution in [2.24, 2.45) is 0 Å². The highest BCUT2D eigenvalue weighted by Gasteiger charge is 2.14. The summed E-state index contributed by atoms with van der Waals surface area (Å²) in [6, 6.07) is 6.31. The predicted octanol–water partition coefficient (Wildman–Crippen LogP) is 2.81.